The Kier molecular flexibility index (Phi) is 4.37. The van der Waals surface area contributed by atoms with Crippen LogP contribution in [0.4, 0.5) is 0 Å². The Morgan fingerprint density at radius 1 is 1.04 bits per heavy atom. The largest absolute Gasteiger partial charge is 0.457 e. The van der Waals surface area contributed by atoms with E-state index in [4.69, 9.17) is 32.4 Å². The highest BCUT2D eigenvalue weighted by molar-refractivity contribution is 6.42. The van der Waals surface area contributed by atoms with E-state index in [0.717, 1.165) is 0 Å². The molecule has 0 amide bonds. The van der Waals surface area contributed by atoms with Crippen LogP contribution in [-0.2, 0) is 11.3 Å². The van der Waals surface area contributed by atoms with Gasteiger partial charge >= 0.3 is 11.6 Å². The summed E-state index contributed by atoms with van der Waals surface area (Å²) < 4.78 is 10.2. The Labute approximate surface area is 141 Å². The molecule has 2 aromatic carbocycles. The van der Waals surface area contributed by atoms with Gasteiger partial charge in [-0.2, -0.15) is 0 Å². The van der Waals surface area contributed by atoms with Gasteiger partial charge in [0.25, 0.3) is 0 Å². The fourth-order valence-electron chi connectivity index (χ4n) is 2.06. The average Bonchev–Trinajstić information content (AvgIpc) is 2.55. The molecular weight excluding hydrogens is 339 g/mol. The molecule has 3 aromatic rings. The fourth-order valence-corrected chi connectivity index (χ4v) is 2.38. The van der Waals surface area contributed by atoms with Gasteiger partial charge in [-0.3, -0.25) is 0 Å². The summed E-state index contributed by atoms with van der Waals surface area (Å²) in [6, 6.07) is 13.3. The van der Waals surface area contributed by atoms with Crippen LogP contribution in [0.25, 0.3) is 11.0 Å². The third-order valence-corrected chi connectivity index (χ3v) is 3.95. The Bertz CT molecular complexity index is 947. The summed E-state index contributed by atoms with van der Waals surface area (Å²) in [6.07, 6.45) is 0. The quantitative estimate of drug-likeness (QED) is 0.518. The van der Waals surface area contributed by atoms with Crippen molar-refractivity contribution in [1.82, 2.24) is 0 Å². The first-order valence-corrected chi connectivity index (χ1v) is 7.44. The minimum absolute atomic E-state index is 0.0258. The van der Waals surface area contributed by atoms with Crippen LogP contribution >= 0.6 is 23.2 Å². The molecule has 23 heavy (non-hydrogen) atoms. The zero-order valence-corrected chi connectivity index (χ0v) is 13.2. The molecule has 4 nitrogen and oxygen atoms in total. The lowest BCUT2D eigenvalue weighted by Crippen LogP contribution is -2.16. The molecule has 0 N–H and O–H groups in total. The van der Waals surface area contributed by atoms with E-state index in [2.05, 4.69) is 0 Å². The fraction of sp³-hybridized carbons (Fsp3) is 0.0588. The number of carbonyl (C=O) groups excluding carboxylic acids is 1. The van der Waals surface area contributed by atoms with Crippen LogP contribution in [0.1, 0.15) is 15.9 Å². The summed E-state index contributed by atoms with van der Waals surface area (Å²) in [7, 11) is 0. The van der Waals surface area contributed by atoms with Crippen LogP contribution in [0.5, 0.6) is 0 Å². The molecule has 0 bridgehead atoms. The van der Waals surface area contributed by atoms with E-state index in [-0.39, 0.29) is 12.2 Å². The molecule has 0 fully saturated rings. The van der Waals surface area contributed by atoms with E-state index in [1.165, 1.54) is 6.07 Å². The highest BCUT2D eigenvalue weighted by Gasteiger charge is 2.15. The molecule has 116 valence electrons. The molecule has 0 aliphatic rings. The Morgan fingerprint density at radius 2 is 1.83 bits per heavy atom. The van der Waals surface area contributed by atoms with Crippen molar-refractivity contribution in [3.05, 3.63) is 80.1 Å². The number of fused-ring (bicyclic) bond motifs is 1. The number of benzene rings is 2. The maximum absolute atomic E-state index is 12.1. The van der Waals surface area contributed by atoms with Crippen molar-refractivity contribution in [2.24, 2.45) is 0 Å². The topological polar surface area (TPSA) is 56.5 Å². The number of rotatable bonds is 3. The molecule has 0 unspecified atom stereocenters. The van der Waals surface area contributed by atoms with E-state index in [0.29, 0.717) is 26.6 Å². The average molecular weight is 349 g/mol. The number of esters is 1. The monoisotopic (exact) mass is 348 g/mol. The van der Waals surface area contributed by atoms with Crippen LogP contribution in [0, 0.1) is 0 Å². The Hall–Kier alpha value is -2.30. The lowest BCUT2D eigenvalue weighted by molar-refractivity contribution is 0.0468. The molecule has 0 saturated carbocycles. The second-order valence-corrected chi connectivity index (χ2v) is 5.62. The standard InChI is InChI=1S/C17H10Cl2O4/c18-13-6-5-10(7-14(13)19)9-22-16(20)12-8-11-3-1-2-4-15(11)23-17(12)21/h1-8H,9H2. The minimum Gasteiger partial charge on any atom is -0.457 e. The van der Waals surface area contributed by atoms with E-state index in [1.807, 2.05) is 0 Å². The molecule has 6 heteroatoms. The van der Waals surface area contributed by atoms with Crippen molar-refractivity contribution in [1.29, 1.82) is 0 Å². The first kappa shape index (κ1) is 15.6. The van der Waals surface area contributed by atoms with Gasteiger partial charge in [-0.25, -0.2) is 9.59 Å². The van der Waals surface area contributed by atoms with Crippen molar-refractivity contribution >= 4 is 40.1 Å². The molecule has 0 radical (unpaired) electrons. The van der Waals surface area contributed by atoms with E-state index in [9.17, 15) is 9.59 Å². The Balaban J connectivity index is 1.81. The van der Waals surface area contributed by atoms with Crippen molar-refractivity contribution in [3.63, 3.8) is 0 Å². The maximum Gasteiger partial charge on any atom is 0.351 e. The first-order valence-electron chi connectivity index (χ1n) is 6.68. The van der Waals surface area contributed by atoms with Gasteiger partial charge in [0.05, 0.1) is 10.0 Å². The van der Waals surface area contributed by atoms with Crippen LogP contribution in [-0.4, -0.2) is 5.97 Å². The summed E-state index contributed by atoms with van der Waals surface area (Å²) in [5, 5.41) is 1.43. The van der Waals surface area contributed by atoms with Crippen molar-refractivity contribution in [2.45, 2.75) is 6.61 Å². The SMILES string of the molecule is O=C(OCc1ccc(Cl)c(Cl)c1)c1cc2ccccc2oc1=O. The predicted octanol–water partition coefficient (Wildman–Crippen LogP) is 4.46. The number of carbonyl (C=O) groups is 1. The minimum atomic E-state index is -0.754. The second-order valence-electron chi connectivity index (χ2n) is 4.81. The van der Waals surface area contributed by atoms with Crippen LogP contribution in [0.15, 0.2) is 57.7 Å². The van der Waals surface area contributed by atoms with Crippen LogP contribution < -0.4 is 5.63 Å². The van der Waals surface area contributed by atoms with Crippen molar-refractivity contribution in [3.8, 4) is 0 Å². The second kappa shape index (κ2) is 6.44. The van der Waals surface area contributed by atoms with Gasteiger partial charge in [-0.1, -0.05) is 47.5 Å². The molecule has 0 aliphatic heterocycles. The number of hydrogen-bond donors (Lipinski definition) is 0. The van der Waals surface area contributed by atoms with Crippen molar-refractivity contribution in [2.75, 3.05) is 0 Å². The molecular formula is C17H10Cl2O4. The smallest absolute Gasteiger partial charge is 0.351 e. The molecule has 0 spiro atoms. The normalized spacial score (nSPS) is 10.7. The van der Waals surface area contributed by atoms with Gasteiger partial charge in [0.1, 0.15) is 17.8 Å². The lowest BCUT2D eigenvalue weighted by Gasteiger charge is -2.06. The summed E-state index contributed by atoms with van der Waals surface area (Å²) in [6.45, 7) is -0.0258. The molecule has 0 atom stereocenters. The van der Waals surface area contributed by atoms with E-state index >= 15 is 0 Å². The third kappa shape index (κ3) is 3.38. The van der Waals surface area contributed by atoms with Gasteiger partial charge in [0, 0.05) is 5.39 Å². The summed E-state index contributed by atoms with van der Waals surface area (Å²) >= 11 is 11.7. The number of hydrogen-bond acceptors (Lipinski definition) is 4. The first-order chi connectivity index (χ1) is 11.0. The van der Waals surface area contributed by atoms with Gasteiger partial charge in [0.2, 0.25) is 0 Å². The zero-order valence-electron chi connectivity index (χ0n) is 11.7. The molecule has 0 saturated heterocycles. The number of ether oxygens (including phenoxy) is 1. The van der Waals surface area contributed by atoms with Gasteiger partial charge in [-0.15, -0.1) is 0 Å². The van der Waals surface area contributed by atoms with Crippen LogP contribution in [0.3, 0.4) is 0 Å². The molecule has 1 heterocycles. The van der Waals surface area contributed by atoms with Crippen molar-refractivity contribution < 1.29 is 13.9 Å². The summed E-state index contributed by atoms with van der Waals surface area (Å²) in [4.78, 5) is 24.0. The van der Waals surface area contributed by atoms with E-state index < -0.39 is 11.6 Å². The third-order valence-electron chi connectivity index (χ3n) is 3.22. The summed E-state index contributed by atoms with van der Waals surface area (Å²) in [5.74, 6) is -0.754. The molecule has 3 rings (SSSR count). The molecule has 0 aliphatic carbocycles. The number of para-hydroxylation sites is 1. The Morgan fingerprint density at radius 3 is 2.61 bits per heavy atom. The predicted molar refractivity (Wildman–Crippen MR) is 88.1 cm³/mol. The van der Waals surface area contributed by atoms with Gasteiger partial charge in [-0.05, 0) is 29.8 Å². The molecule has 1 aromatic heterocycles. The maximum atomic E-state index is 12.1. The lowest BCUT2D eigenvalue weighted by atomic mass is 10.2. The zero-order chi connectivity index (χ0) is 16.4. The number of halogens is 2. The highest BCUT2D eigenvalue weighted by Crippen LogP contribution is 2.23. The van der Waals surface area contributed by atoms with E-state index in [1.54, 1.807) is 42.5 Å². The highest BCUT2D eigenvalue weighted by atomic mass is 35.5. The van der Waals surface area contributed by atoms with Gasteiger partial charge in [0.15, 0.2) is 0 Å². The van der Waals surface area contributed by atoms with Crippen LogP contribution in [0.2, 0.25) is 10.0 Å². The summed E-state index contributed by atoms with van der Waals surface area (Å²) in [5.41, 5.74) is 0.197. The van der Waals surface area contributed by atoms with Gasteiger partial charge < -0.3 is 9.15 Å².